The zero-order valence-electron chi connectivity index (χ0n) is 10.6. The van der Waals surface area contributed by atoms with Gasteiger partial charge in [0.2, 0.25) is 0 Å². The van der Waals surface area contributed by atoms with E-state index in [2.05, 4.69) is 15.4 Å². The molecule has 2 aromatic rings. The van der Waals surface area contributed by atoms with Gasteiger partial charge in [0.1, 0.15) is 5.82 Å². The number of rotatable bonds is 3. The number of nitrogens with two attached hydrogens (primary N) is 1. The van der Waals surface area contributed by atoms with E-state index in [0.717, 1.165) is 11.3 Å². The predicted octanol–water partition coefficient (Wildman–Crippen LogP) is 2.98. The number of hydrogen-bond acceptors (Lipinski definition) is 4. The molecule has 0 bridgehead atoms. The normalized spacial score (nSPS) is 10.8. The van der Waals surface area contributed by atoms with E-state index < -0.39 is 6.43 Å². The van der Waals surface area contributed by atoms with E-state index in [1.807, 2.05) is 13.8 Å². The fraction of sp³-hybridized carbons (Fsp3) is 0.231. The van der Waals surface area contributed by atoms with Crippen LogP contribution < -0.4 is 11.3 Å². The molecular formula is C13H14F2N4. The van der Waals surface area contributed by atoms with E-state index >= 15 is 0 Å². The molecular weight excluding hydrogens is 250 g/mol. The number of hydrogen-bond donors (Lipinski definition) is 2. The van der Waals surface area contributed by atoms with Gasteiger partial charge >= 0.3 is 0 Å². The maximum absolute atomic E-state index is 12.5. The first-order chi connectivity index (χ1) is 9.02. The van der Waals surface area contributed by atoms with Crippen molar-refractivity contribution in [1.29, 1.82) is 0 Å². The summed E-state index contributed by atoms with van der Waals surface area (Å²) in [6, 6.07) is 5.89. The second-order valence-electron chi connectivity index (χ2n) is 4.17. The van der Waals surface area contributed by atoms with Crippen molar-refractivity contribution >= 4 is 5.82 Å². The fourth-order valence-corrected chi connectivity index (χ4v) is 1.68. The number of nitrogen functional groups attached to an aromatic ring is 1. The molecule has 0 atom stereocenters. The van der Waals surface area contributed by atoms with E-state index in [0.29, 0.717) is 17.2 Å². The maximum atomic E-state index is 12.5. The molecule has 0 radical (unpaired) electrons. The number of benzene rings is 1. The molecule has 0 spiro atoms. The SMILES string of the molecule is Cc1nc(-c2ccc(C(F)F)cc2)nc(NN)c1C. The summed E-state index contributed by atoms with van der Waals surface area (Å²) in [7, 11) is 0. The van der Waals surface area contributed by atoms with Crippen LogP contribution in [0.1, 0.15) is 23.2 Å². The summed E-state index contributed by atoms with van der Waals surface area (Å²) in [6.45, 7) is 3.70. The molecule has 0 saturated heterocycles. The topological polar surface area (TPSA) is 63.8 Å². The highest BCUT2D eigenvalue weighted by Gasteiger charge is 2.10. The number of alkyl halides is 2. The quantitative estimate of drug-likeness (QED) is 0.660. The van der Waals surface area contributed by atoms with Gasteiger partial charge in [-0.2, -0.15) is 0 Å². The van der Waals surface area contributed by atoms with Crippen molar-refractivity contribution in [2.45, 2.75) is 20.3 Å². The van der Waals surface area contributed by atoms with Crippen LogP contribution in [0.4, 0.5) is 14.6 Å². The van der Waals surface area contributed by atoms with Gasteiger partial charge in [-0.05, 0) is 13.8 Å². The van der Waals surface area contributed by atoms with Crippen LogP contribution in [0.2, 0.25) is 0 Å². The van der Waals surface area contributed by atoms with Gasteiger partial charge in [-0.25, -0.2) is 24.6 Å². The average Bonchev–Trinajstić information content (AvgIpc) is 2.41. The summed E-state index contributed by atoms with van der Waals surface area (Å²) < 4.78 is 25.0. The van der Waals surface area contributed by atoms with Crippen LogP contribution in [0.25, 0.3) is 11.4 Å². The predicted molar refractivity (Wildman–Crippen MR) is 69.7 cm³/mol. The van der Waals surface area contributed by atoms with Gasteiger partial charge in [-0.3, -0.25) is 0 Å². The number of aryl methyl sites for hydroxylation is 1. The van der Waals surface area contributed by atoms with Crippen molar-refractivity contribution in [3.05, 3.63) is 41.1 Å². The van der Waals surface area contributed by atoms with E-state index in [4.69, 9.17) is 5.84 Å². The molecule has 0 fully saturated rings. The zero-order valence-corrected chi connectivity index (χ0v) is 10.6. The fourth-order valence-electron chi connectivity index (χ4n) is 1.68. The summed E-state index contributed by atoms with van der Waals surface area (Å²) >= 11 is 0. The lowest BCUT2D eigenvalue weighted by Gasteiger charge is -2.09. The number of aromatic nitrogens is 2. The molecule has 0 saturated carbocycles. The third-order valence-corrected chi connectivity index (χ3v) is 2.95. The van der Waals surface area contributed by atoms with Gasteiger partial charge in [0.05, 0.1) is 0 Å². The monoisotopic (exact) mass is 264 g/mol. The molecule has 0 unspecified atom stereocenters. The highest BCUT2D eigenvalue weighted by molar-refractivity contribution is 5.59. The van der Waals surface area contributed by atoms with Crippen molar-refractivity contribution < 1.29 is 8.78 Å². The van der Waals surface area contributed by atoms with E-state index in [1.165, 1.54) is 12.1 Å². The van der Waals surface area contributed by atoms with Crippen LogP contribution in [0.15, 0.2) is 24.3 Å². The second-order valence-corrected chi connectivity index (χ2v) is 4.17. The van der Waals surface area contributed by atoms with Crippen molar-refractivity contribution in [2.24, 2.45) is 5.84 Å². The molecule has 100 valence electrons. The molecule has 1 aromatic carbocycles. The van der Waals surface area contributed by atoms with Crippen LogP contribution in [0, 0.1) is 13.8 Å². The lowest BCUT2D eigenvalue weighted by Crippen LogP contribution is -2.12. The number of hydrazine groups is 1. The van der Waals surface area contributed by atoms with E-state index in [9.17, 15) is 8.78 Å². The first-order valence-corrected chi connectivity index (χ1v) is 5.73. The van der Waals surface area contributed by atoms with Crippen molar-refractivity contribution in [3.8, 4) is 11.4 Å². The van der Waals surface area contributed by atoms with Gasteiger partial charge in [0.15, 0.2) is 5.82 Å². The average molecular weight is 264 g/mol. The standard InChI is InChI=1S/C13H14F2N4/c1-7-8(2)17-13(18-12(7)19-16)10-5-3-9(4-6-10)11(14)15/h3-6,11H,16H2,1-2H3,(H,17,18,19). The third-order valence-electron chi connectivity index (χ3n) is 2.95. The minimum atomic E-state index is -2.48. The third kappa shape index (κ3) is 2.68. The van der Waals surface area contributed by atoms with E-state index in [1.54, 1.807) is 12.1 Å². The smallest absolute Gasteiger partial charge is 0.263 e. The van der Waals surface area contributed by atoms with Crippen LogP contribution in [0.5, 0.6) is 0 Å². The molecule has 0 aliphatic rings. The highest BCUT2D eigenvalue weighted by atomic mass is 19.3. The molecule has 0 aliphatic heterocycles. The minimum absolute atomic E-state index is 0.0234. The van der Waals surface area contributed by atoms with Crippen LogP contribution in [-0.2, 0) is 0 Å². The summed E-state index contributed by atoms with van der Waals surface area (Å²) in [5, 5.41) is 0. The number of nitrogens with one attached hydrogen (secondary N) is 1. The molecule has 4 nitrogen and oxygen atoms in total. The largest absolute Gasteiger partial charge is 0.308 e. The summed E-state index contributed by atoms with van der Waals surface area (Å²) in [5.41, 5.74) is 4.80. The molecule has 0 aliphatic carbocycles. The minimum Gasteiger partial charge on any atom is -0.308 e. The Balaban J connectivity index is 2.44. The molecule has 2 rings (SSSR count). The Hall–Kier alpha value is -2.08. The lowest BCUT2D eigenvalue weighted by atomic mass is 10.1. The number of nitrogens with zero attached hydrogens (tertiary/aromatic N) is 2. The molecule has 1 aromatic heterocycles. The van der Waals surface area contributed by atoms with Crippen LogP contribution in [-0.4, -0.2) is 9.97 Å². The maximum Gasteiger partial charge on any atom is 0.263 e. The molecule has 0 amide bonds. The van der Waals surface area contributed by atoms with Gasteiger partial charge < -0.3 is 5.43 Å². The molecule has 1 heterocycles. The van der Waals surface area contributed by atoms with E-state index in [-0.39, 0.29) is 5.56 Å². The van der Waals surface area contributed by atoms with Gasteiger partial charge in [-0.15, -0.1) is 0 Å². The molecule has 19 heavy (non-hydrogen) atoms. The van der Waals surface area contributed by atoms with Crippen molar-refractivity contribution in [3.63, 3.8) is 0 Å². The summed E-state index contributed by atoms with van der Waals surface area (Å²) in [6.07, 6.45) is -2.48. The van der Waals surface area contributed by atoms with Gasteiger partial charge in [0, 0.05) is 22.4 Å². The Labute approximate surface area is 109 Å². The highest BCUT2D eigenvalue weighted by Crippen LogP contribution is 2.24. The number of halogens is 2. The van der Waals surface area contributed by atoms with Gasteiger partial charge in [-0.1, -0.05) is 24.3 Å². The Morgan fingerprint density at radius 3 is 2.26 bits per heavy atom. The first kappa shape index (κ1) is 13.4. The van der Waals surface area contributed by atoms with Crippen LogP contribution in [0.3, 0.4) is 0 Å². The van der Waals surface area contributed by atoms with Crippen molar-refractivity contribution in [1.82, 2.24) is 9.97 Å². The van der Waals surface area contributed by atoms with Crippen molar-refractivity contribution in [2.75, 3.05) is 5.43 Å². The Morgan fingerprint density at radius 1 is 1.11 bits per heavy atom. The number of anilines is 1. The van der Waals surface area contributed by atoms with Crippen LogP contribution >= 0.6 is 0 Å². The molecule has 3 N–H and O–H groups in total. The van der Waals surface area contributed by atoms with Gasteiger partial charge in [0.25, 0.3) is 6.43 Å². The zero-order chi connectivity index (χ0) is 14.0. The molecule has 6 heteroatoms. The Kier molecular flexibility index (Phi) is 3.71. The summed E-state index contributed by atoms with van der Waals surface area (Å²) in [5.74, 6) is 6.37. The first-order valence-electron chi connectivity index (χ1n) is 5.73. The Bertz CT molecular complexity index is 582. The Morgan fingerprint density at radius 2 is 1.74 bits per heavy atom. The second kappa shape index (κ2) is 5.27. The summed E-state index contributed by atoms with van der Waals surface area (Å²) in [4.78, 5) is 8.59. The lowest BCUT2D eigenvalue weighted by molar-refractivity contribution is 0.151.